The number of amides is 2. The first-order chi connectivity index (χ1) is 19.7. The van der Waals surface area contributed by atoms with Crippen LogP contribution < -0.4 is 10.1 Å². The summed E-state index contributed by atoms with van der Waals surface area (Å²) in [6.45, 7) is 0.142. The monoisotopic (exact) mass is 584 g/mol. The summed E-state index contributed by atoms with van der Waals surface area (Å²) in [6, 6.07) is 5.81. The summed E-state index contributed by atoms with van der Waals surface area (Å²) in [5, 5.41) is 11.7. The van der Waals surface area contributed by atoms with Crippen LogP contribution in [0.1, 0.15) is 16.8 Å². The van der Waals surface area contributed by atoms with Crippen molar-refractivity contribution in [1.29, 1.82) is 0 Å². The summed E-state index contributed by atoms with van der Waals surface area (Å²) in [7, 11) is 2.09. The highest BCUT2D eigenvalue weighted by Gasteiger charge is 2.38. The zero-order chi connectivity index (χ0) is 28.7. The van der Waals surface area contributed by atoms with Gasteiger partial charge in [0.15, 0.2) is 5.65 Å². The highest BCUT2D eigenvalue weighted by Crippen LogP contribution is 2.37. The minimum Gasteiger partial charge on any atom is -0.434 e. The highest BCUT2D eigenvalue weighted by molar-refractivity contribution is 6.31. The van der Waals surface area contributed by atoms with E-state index < -0.39 is 12.5 Å². The van der Waals surface area contributed by atoms with Crippen molar-refractivity contribution >= 4 is 34.7 Å². The van der Waals surface area contributed by atoms with E-state index in [1.54, 1.807) is 12.3 Å². The quantitative estimate of drug-likeness (QED) is 0.354. The molecule has 3 aromatic heterocycles. The van der Waals surface area contributed by atoms with E-state index in [1.165, 1.54) is 46.0 Å². The maximum atomic E-state index is 13.3. The molecule has 14 heteroatoms. The van der Waals surface area contributed by atoms with Crippen molar-refractivity contribution in [3.05, 3.63) is 59.6 Å². The molecule has 2 amide bonds. The van der Waals surface area contributed by atoms with Gasteiger partial charge < -0.3 is 19.9 Å². The number of alkyl halides is 2. The topological polar surface area (TPSA) is 110 Å². The number of likely N-dealkylation sites (tertiary alicyclic amines) is 2. The Hall–Kier alpha value is -4.10. The van der Waals surface area contributed by atoms with Gasteiger partial charge in [0, 0.05) is 48.8 Å². The maximum absolute atomic E-state index is 13.3. The van der Waals surface area contributed by atoms with Crippen LogP contribution in [-0.4, -0.2) is 85.8 Å². The minimum absolute atomic E-state index is 0.0952. The van der Waals surface area contributed by atoms with Crippen LogP contribution in [0.25, 0.3) is 16.9 Å². The third kappa shape index (κ3) is 5.59. The molecule has 0 aliphatic carbocycles. The summed E-state index contributed by atoms with van der Waals surface area (Å²) in [5.74, 6) is 0.0635. The van der Waals surface area contributed by atoms with Gasteiger partial charge in [-0.15, -0.1) is 0 Å². The normalized spacial score (nSPS) is 19.1. The smallest absolute Gasteiger partial charge is 0.387 e. The molecule has 2 aliphatic rings. The predicted molar refractivity (Wildman–Crippen MR) is 146 cm³/mol. The molecule has 2 saturated heterocycles. The molecule has 1 N–H and O–H groups in total. The van der Waals surface area contributed by atoms with Gasteiger partial charge in [0.2, 0.25) is 5.91 Å². The third-order valence-electron chi connectivity index (χ3n) is 7.60. The fourth-order valence-electron chi connectivity index (χ4n) is 5.65. The fraction of sp³-hybridized carbons (Fsp3) is 0.370. The minimum atomic E-state index is -3.10. The van der Waals surface area contributed by atoms with Crippen LogP contribution >= 0.6 is 11.6 Å². The molecular weight excluding hydrogens is 558 g/mol. The molecule has 0 unspecified atom stereocenters. The molecule has 0 saturated carbocycles. The molecule has 2 atom stereocenters. The van der Waals surface area contributed by atoms with Crippen LogP contribution in [0.2, 0.25) is 5.02 Å². The lowest BCUT2D eigenvalue weighted by Gasteiger charge is -2.31. The second-order valence-electron chi connectivity index (χ2n) is 10.4. The summed E-state index contributed by atoms with van der Waals surface area (Å²) in [4.78, 5) is 35.0. The molecule has 6 rings (SSSR count). The van der Waals surface area contributed by atoms with E-state index in [4.69, 9.17) is 16.3 Å². The Balaban J connectivity index is 1.31. The van der Waals surface area contributed by atoms with Crippen LogP contribution in [0.15, 0.2) is 49.1 Å². The number of hydrogen-bond acceptors (Lipinski definition) is 7. The molecule has 0 bridgehead atoms. The zero-order valence-corrected chi connectivity index (χ0v) is 22.8. The Labute approximate surface area is 238 Å². The number of rotatable bonds is 7. The average molecular weight is 585 g/mol. The van der Waals surface area contributed by atoms with E-state index >= 15 is 0 Å². The number of benzene rings is 1. The number of anilines is 1. The fourth-order valence-corrected chi connectivity index (χ4v) is 5.82. The molecule has 41 heavy (non-hydrogen) atoms. The van der Waals surface area contributed by atoms with E-state index in [0.29, 0.717) is 30.6 Å². The Morgan fingerprint density at radius 3 is 2.88 bits per heavy atom. The molecular formula is C27H27ClF2N8O3. The van der Waals surface area contributed by atoms with E-state index in [0.717, 1.165) is 19.5 Å². The number of hydrogen-bond donors (Lipinski definition) is 1. The summed E-state index contributed by atoms with van der Waals surface area (Å²) < 4.78 is 34.1. The largest absolute Gasteiger partial charge is 0.434 e. The average Bonchev–Trinajstić information content (AvgIpc) is 3.66. The van der Waals surface area contributed by atoms with Crippen LogP contribution in [-0.2, 0) is 11.3 Å². The van der Waals surface area contributed by atoms with Crippen LogP contribution in [0.4, 0.5) is 14.5 Å². The van der Waals surface area contributed by atoms with E-state index in [-0.39, 0.29) is 45.7 Å². The highest BCUT2D eigenvalue weighted by atomic mass is 35.5. The van der Waals surface area contributed by atoms with E-state index in [2.05, 4.69) is 32.4 Å². The summed E-state index contributed by atoms with van der Waals surface area (Å²) >= 11 is 6.21. The molecule has 0 spiro atoms. The van der Waals surface area contributed by atoms with Gasteiger partial charge in [0.25, 0.3) is 5.91 Å². The van der Waals surface area contributed by atoms with Gasteiger partial charge in [-0.25, -0.2) is 9.50 Å². The van der Waals surface area contributed by atoms with Crippen molar-refractivity contribution in [2.75, 3.05) is 38.5 Å². The van der Waals surface area contributed by atoms with Crippen molar-refractivity contribution in [3.63, 3.8) is 0 Å². The SMILES string of the molecule is CN1CC[C@H]2CN(C(=O)Cn3cc(NC(=O)c4cnn5cccnc45)c(-c4cc(Cl)ccc4OC(F)F)n3)C[C@@H]2C1. The van der Waals surface area contributed by atoms with Crippen molar-refractivity contribution in [3.8, 4) is 17.0 Å². The van der Waals surface area contributed by atoms with Gasteiger partial charge >= 0.3 is 6.61 Å². The second kappa shape index (κ2) is 11.1. The number of ether oxygens (including phenoxy) is 1. The van der Waals surface area contributed by atoms with Gasteiger partial charge in [-0.2, -0.15) is 19.0 Å². The van der Waals surface area contributed by atoms with Crippen molar-refractivity contribution in [1.82, 2.24) is 34.2 Å². The molecule has 214 valence electrons. The Morgan fingerprint density at radius 2 is 2.05 bits per heavy atom. The molecule has 2 aliphatic heterocycles. The second-order valence-corrected chi connectivity index (χ2v) is 10.8. The van der Waals surface area contributed by atoms with Gasteiger partial charge in [0.1, 0.15) is 23.6 Å². The number of fused-ring (bicyclic) bond motifs is 2. The molecule has 4 aromatic rings. The summed E-state index contributed by atoms with van der Waals surface area (Å²) in [6.07, 6.45) is 7.11. The molecule has 1 aromatic carbocycles. The zero-order valence-electron chi connectivity index (χ0n) is 22.1. The van der Waals surface area contributed by atoms with Crippen molar-refractivity contribution in [2.24, 2.45) is 11.8 Å². The van der Waals surface area contributed by atoms with Crippen LogP contribution in [0.3, 0.4) is 0 Å². The molecule has 2 fully saturated rings. The first-order valence-electron chi connectivity index (χ1n) is 13.1. The number of halogens is 3. The van der Waals surface area contributed by atoms with Crippen LogP contribution in [0, 0.1) is 11.8 Å². The lowest BCUT2D eigenvalue weighted by atomic mass is 9.89. The number of nitrogens with one attached hydrogen (secondary N) is 1. The van der Waals surface area contributed by atoms with Crippen molar-refractivity contribution in [2.45, 2.75) is 19.6 Å². The molecule has 5 heterocycles. The number of piperidine rings is 1. The van der Waals surface area contributed by atoms with Gasteiger partial charge in [0.05, 0.1) is 11.9 Å². The maximum Gasteiger partial charge on any atom is 0.387 e. The third-order valence-corrected chi connectivity index (χ3v) is 7.84. The Morgan fingerprint density at radius 1 is 1.22 bits per heavy atom. The predicted octanol–water partition coefficient (Wildman–Crippen LogP) is 3.51. The number of aromatic nitrogens is 5. The Bertz CT molecular complexity index is 1610. The lowest BCUT2D eigenvalue weighted by molar-refractivity contribution is -0.131. The van der Waals surface area contributed by atoms with Gasteiger partial charge in [-0.05, 0) is 56.1 Å². The molecule has 0 radical (unpaired) electrons. The van der Waals surface area contributed by atoms with E-state index in [1.807, 2.05) is 4.90 Å². The number of carbonyl (C=O) groups is 2. The van der Waals surface area contributed by atoms with Gasteiger partial charge in [-0.1, -0.05) is 11.6 Å². The lowest BCUT2D eigenvalue weighted by Crippen LogP contribution is -2.37. The van der Waals surface area contributed by atoms with Crippen LogP contribution in [0.5, 0.6) is 5.75 Å². The van der Waals surface area contributed by atoms with E-state index in [9.17, 15) is 18.4 Å². The van der Waals surface area contributed by atoms with Gasteiger partial charge in [-0.3, -0.25) is 14.3 Å². The van der Waals surface area contributed by atoms with Crippen molar-refractivity contribution < 1.29 is 23.1 Å². The first kappa shape index (κ1) is 27.1. The first-order valence-corrected chi connectivity index (χ1v) is 13.5. The molecule has 11 nitrogen and oxygen atoms in total. The summed E-state index contributed by atoms with van der Waals surface area (Å²) in [5.41, 5.74) is 0.953. The number of nitrogens with zero attached hydrogens (tertiary/aromatic N) is 7. The standard InChI is InChI=1S/C27H27ClF2N8O3/c1-35-8-5-16-12-36(13-17(16)11-35)23(39)15-37-14-21(33-26(40)20-10-32-38-7-2-6-31-25(20)38)24(34-37)19-9-18(28)3-4-22(19)41-27(29)30/h2-4,6-7,9-10,14,16-17,27H,5,8,11-13,15H2,1H3,(H,33,40)/t16-,17-/m0/s1. The Kier molecular flexibility index (Phi) is 7.30. The number of carbonyl (C=O) groups excluding carboxylic acids is 2.